The van der Waals surface area contributed by atoms with Crippen molar-refractivity contribution in [2.24, 2.45) is 0 Å². The van der Waals surface area contributed by atoms with Crippen LogP contribution in [-0.4, -0.2) is 38.1 Å². The molecule has 0 amide bonds. The topological polar surface area (TPSA) is 43.5 Å². The minimum atomic E-state index is -0.208. The lowest BCUT2D eigenvalue weighted by molar-refractivity contribution is 0.0520. The molecule has 4 nitrogen and oxygen atoms in total. The van der Waals surface area contributed by atoms with E-state index >= 15 is 0 Å². The van der Waals surface area contributed by atoms with Crippen molar-refractivity contribution in [2.75, 3.05) is 26.9 Å². The summed E-state index contributed by atoms with van der Waals surface area (Å²) in [6.07, 6.45) is 0.117. The molecule has 0 saturated carbocycles. The van der Waals surface area contributed by atoms with E-state index in [1.165, 1.54) is 5.56 Å². The Labute approximate surface area is 113 Å². The van der Waals surface area contributed by atoms with Crippen LogP contribution in [0.1, 0.15) is 25.5 Å². The molecular formula is C15H20O4. The Hall–Kier alpha value is -1.10. The molecule has 1 aromatic rings. The molecule has 4 heteroatoms. The van der Waals surface area contributed by atoms with E-state index < -0.39 is 0 Å². The lowest BCUT2D eigenvalue weighted by Gasteiger charge is -2.10. The van der Waals surface area contributed by atoms with Gasteiger partial charge >= 0.3 is 0 Å². The van der Waals surface area contributed by atoms with Crippen molar-refractivity contribution >= 4 is 0 Å². The molecule has 0 bridgehead atoms. The van der Waals surface area contributed by atoms with Crippen LogP contribution in [-0.2, 0) is 14.2 Å². The molecular weight excluding hydrogens is 244 g/mol. The number of epoxide rings is 2. The molecule has 0 unspecified atom stereocenters. The van der Waals surface area contributed by atoms with Crippen LogP contribution in [0.25, 0.3) is 0 Å². The molecule has 104 valence electrons. The molecule has 0 spiro atoms. The number of benzene rings is 1. The number of hydrogen-bond acceptors (Lipinski definition) is 4. The predicted octanol–water partition coefficient (Wildman–Crippen LogP) is 2.33. The van der Waals surface area contributed by atoms with E-state index in [1.54, 1.807) is 7.11 Å². The third-order valence-electron chi connectivity index (χ3n) is 3.74. The molecule has 19 heavy (non-hydrogen) atoms. The molecule has 0 radical (unpaired) electrons. The number of hydrogen-bond donors (Lipinski definition) is 0. The maximum Gasteiger partial charge on any atom is 0.120 e. The molecule has 1 aromatic carbocycles. The summed E-state index contributed by atoms with van der Waals surface area (Å²) in [4.78, 5) is 0. The van der Waals surface area contributed by atoms with Gasteiger partial charge in [0, 0.05) is 0 Å². The zero-order valence-corrected chi connectivity index (χ0v) is 11.6. The molecule has 2 aliphatic rings. The Bertz CT molecular complexity index is 452. The predicted molar refractivity (Wildman–Crippen MR) is 70.4 cm³/mol. The van der Waals surface area contributed by atoms with Crippen molar-refractivity contribution in [3.63, 3.8) is 0 Å². The highest BCUT2D eigenvalue weighted by Gasteiger charge is 2.54. The van der Waals surface area contributed by atoms with Gasteiger partial charge in [0.1, 0.15) is 23.1 Å². The second-order valence-corrected chi connectivity index (χ2v) is 5.82. The maximum absolute atomic E-state index is 5.79. The summed E-state index contributed by atoms with van der Waals surface area (Å²) in [7, 11) is 1.67. The Kier molecular flexibility index (Phi) is 3.04. The van der Waals surface area contributed by atoms with Gasteiger partial charge < -0.3 is 18.9 Å². The molecule has 2 heterocycles. The normalized spacial score (nSPS) is 36.1. The van der Waals surface area contributed by atoms with Gasteiger partial charge in [0.25, 0.3) is 0 Å². The van der Waals surface area contributed by atoms with Gasteiger partial charge in [0.05, 0.1) is 26.9 Å². The van der Waals surface area contributed by atoms with Gasteiger partial charge in [-0.25, -0.2) is 0 Å². The third-order valence-corrected chi connectivity index (χ3v) is 3.74. The average Bonchev–Trinajstić information content (AvgIpc) is 3.29. The molecule has 0 aliphatic carbocycles. The van der Waals surface area contributed by atoms with Crippen molar-refractivity contribution < 1.29 is 18.9 Å². The van der Waals surface area contributed by atoms with E-state index in [1.807, 2.05) is 24.3 Å². The smallest absolute Gasteiger partial charge is 0.120 e. The largest absolute Gasteiger partial charge is 0.497 e. The first-order valence-corrected chi connectivity index (χ1v) is 6.58. The van der Waals surface area contributed by atoms with E-state index in [4.69, 9.17) is 18.9 Å². The maximum atomic E-state index is 5.79. The Morgan fingerprint density at radius 1 is 1.21 bits per heavy atom. The quantitative estimate of drug-likeness (QED) is 0.740. The van der Waals surface area contributed by atoms with Gasteiger partial charge in [-0.15, -0.1) is 0 Å². The first-order valence-electron chi connectivity index (χ1n) is 6.58. The average molecular weight is 264 g/mol. The highest BCUT2D eigenvalue weighted by Crippen LogP contribution is 2.49. The van der Waals surface area contributed by atoms with Gasteiger partial charge in [-0.1, -0.05) is 12.1 Å². The fourth-order valence-electron chi connectivity index (χ4n) is 2.22. The number of ether oxygens (including phenoxy) is 4. The van der Waals surface area contributed by atoms with Crippen molar-refractivity contribution in [3.8, 4) is 5.75 Å². The minimum absolute atomic E-state index is 0.0547. The lowest BCUT2D eigenvalue weighted by Crippen LogP contribution is -2.22. The molecule has 0 aromatic heterocycles. The van der Waals surface area contributed by atoms with Crippen LogP contribution in [0.3, 0.4) is 0 Å². The summed E-state index contributed by atoms with van der Waals surface area (Å²) in [6, 6.07) is 7.99. The summed E-state index contributed by atoms with van der Waals surface area (Å²) in [5.74, 6) is 0.862. The Morgan fingerprint density at radius 3 is 2.47 bits per heavy atom. The van der Waals surface area contributed by atoms with Crippen LogP contribution in [0.4, 0.5) is 0 Å². The Balaban J connectivity index is 1.52. The van der Waals surface area contributed by atoms with Crippen molar-refractivity contribution in [1.29, 1.82) is 0 Å². The monoisotopic (exact) mass is 264 g/mol. The molecule has 3 atom stereocenters. The minimum Gasteiger partial charge on any atom is -0.497 e. The van der Waals surface area contributed by atoms with Gasteiger partial charge in [-0.05, 0) is 31.5 Å². The fraction of sp³-hybridized carbons (Fsp3) is 0.600. The number of rotatable bonds is 6. The van der Waals surface area contributed by atoms with Gasteiger partial charge in [-0.2, -0.15) is 0 Å². The molecule has 0 N–H and O–H groups in total. The summed E-state index contributed by atoms with van der Waals surface area (Å²) in [6.45, 7) is 6.18. The van der Waals surface area contributed by atoms with Crippen LogP contribution < -0.4 is 4.74 Å². The van der Waals surface area contributed by atoms with Crippen LogP contribution in [0.5, 0.6) is 5.75 Å². The first kappa shape index (κ1) is 12.9. The second-order valence-electron chi connectivity index (χ2n) is 5.82. The highest BCUT2D eigenvalue weighted by molar-refractivity contribution is 5.32. The van der Waals surface area contributed by atoms with Crippen LogP contribution >= 0.6 is 0 Å². The molecule has 2 fully saturated rings. The molecule has 2 saturated heterocycles. The second kappa shape index (κ2) is 4.47. The SMILES string of the molecule is COc1ccc([C@@H]2O[C@@]2(C)COC[C@]2(C)CO2)cc1. The standard InChI is InChI=1S/C15H20O4/c1-14(9-18-14)8-17-10-15(2)13(19-15)11-4-6-12(16-3)7-5-11/h4-7,13H,8-10H2,1-3H3/t13-,14+,15-/m0/s1. The van der Waals surface area contributed by atoms with Gasteiger partial charge in [0.15, 0.2) is 0 Å². The summed E-state index contributed by atoms with van der Waals surface area (Å²) < 4.78 is 21.9. The van der Waals surface area contributed by atoms with E-state index in [9.17, 15) is 0 Å². The third kappa shape index (κ3) is 2.76. The Morgan fingerprint density at radius 2 is 1.89 bits per heavy atom. The van der Waals surface area contributed by atoms with Gasteiger partial charge in [-0.3, -0.25) is 0 Å². The van der Waals surface area contributed by atoms with E-state index in [2.05, 4.69) is 13.8 Å². The summed E-state index contributed by atoms with van der Waals surface area (Å²) in [5, 5.41) is 0. The van der Waals surface area contributed by atoms with Crippen molar-refractivity contribution in [2.45, 2.75) is 31.2 Å². The van der Waals surface area contributed by atoms with E-state index in [0.717, 1.165) is 12.4 Å². The fourth-order valence-corrected chi connectivity index (χ4v) is 2.22. The van der Waals surface area contributed by atoms with Crippen molar-refractivity contribution in [1.82, 2.24) is 0 Å². The van der Waals surface area contributed by atoms with Gasteiger partial charge in [0.2, 0.25) is 0 Å². The first-order chi connectivity index (χ1) is 9.05. The van der Waals surface area contributed by atoms with Crippen molar-refractivity contribution in [3.05, 3.63) is 29.8 Å². The van der Waals surface area contributed by atoms with E-state index in [0.29, 0.717) is 13.2 Å². The number of methoxy groups -OCH3 is 1. The van der Waals surface area contributed by atoms with Crippen LogP contribution in [0.15, 0.2) is 24.3 Å². The summed E-state index contributed by atoms with van der Waals surface area (Å²) >= 11 is 0. The zero-order valence-electron chi connectivity index (χ0n) is 11.6. The summed E-state index contributed by atoms with van der Waals surface area (Å²) in [5.41, 5.74) is 0.904. The van der Waals surface area contributed by atoms with E-state index in [-0.39, 0.29) is 17.3 Å². The highest BCUT2D eigenvalue weighted by atomic mass is 16.6. The van der Waals surface area contributed by atoms with Crippen LogP contribution in [0, 0.1) is 0 Å². The zero-order chi connectivity index (χ0) is 13.5. The van der Waals surface area contributed by atoms with Crippen LogP contribution in [0.2, 0.25) is 0 Å². The molecule has 2 aliphatic heterocycles. The molecule has 3 rings (SSSR count). The lowest BCUT2D eigenvalue weighted by atomic mass is 10.0.